The summed E-state index contributed by atoms with van der Waals surface area (Å²) >= 11 is 0. The maximum atomic E-state index is 11.3. The minimum atomic E-state index is -0.956. The summed E-state index contributed by atoms with van der Waals surface area (Å²) in [5.74, 6) is -0.480. The van der Waals surface area contributed by atoms with Crippen LogP contribution < -0.4 is 4.90 Å². The molecule has 0 atom stereocenters. The lowest BCUT2D eigenvalue weighted by molar-refractivity contribution is 0.0696. The van der Waals surface area contributed by atoms with Crippen molar-refractivity contribution in [1.29, 1.82) is 0 Å². The molecule has 2 aromatic heterocycles. The average Bonchev–Trinajstić information content (AvgIpc) is 2.39. The van der Waals surface area contributed by atoms with Gasteiger partial charge < -0.3 is 10.0 Å². The predicted molar refractivity (Wildman–Crippen MR) is 72.3 cm³/mol. The maximum Gasteiger partial charge on any atom is 0.339 e. The van der Waals surface area contributed by atoms with E-state index >= 15 is 0 Å². The molecule has 98 valence electrons. The largest absolute Gasteiger partial charge is 0.478 e. The number of anilines is 1. The molecule has 0 saturated heterocycles. The highest BCUT2D eigenvalue weighted by molar-refractivity contribution is 5.94. The van der Waals surface area contributed by atoms with Crippen LogP contribution in [-0.2, 0) is 6.54 Å². The molecule has 0 radical (unpaired) electrons. The number of nitrogens with zero attached hydrogens (tertiary/aromatic N) is 3. The highest BCUT2D eigenvalue weighted by Crippen LogP contribution is 2.21. The molecule has 0 aliphatic carbocycles. The van der Waals surface area contributed by atoms with E-state index < -0.39 is 5.97 Å². The quantitative estimate of drug-likeness (QED) is 0.908. The third-order valence-corrected chi connectivity index (χ3v) is 2.88. The van der Waals surface area contributed by atoms with Crippen LogP contribution in [0.25, 0.3) is 0 Å². The van der Waals surface area contributed by atoms with Gasteiger partial charge in [-0.05, 0) is 36.2 Å². The lowest BCUT2D eigenvalue weighted by atomic mass is 10.1. The molecular weight excluding hydrogens is 242 g/mol. The molecular formula is C14H15N3O2. The molecule has 0 aliphatic heterocycles. The van der Waals surface area contributed by atoms with E-state index in [1.165, 1.54) is 0 Å². The molecule has 2 heterocycles. The van der Waals surface area contributed by atoms with Crippen molar-refractivity contribution in [3.05, 3.63) is 53.5 Å². The number of hydrogen-bond acceptors (Lipinski definition) is 4. The fraction of sp³-hybridized carbons (Fsp3) is 0.214. The van der Waals surface area contributed by atoms with Gasteiger partial charge in [-0.15, -0.1) is 0 Å². The van der Waals surface area contributed by atoms with Crippen molar-refractivity contribution in [2.24, 2.45) is 0 Å². The highest BCUT2D eigenvalue weighted by Gasteiger charge is 2.17. The molecule has 5 heteroatoms. The Hall–Kier alpha value is -2.43. The van der Waals surface area contributed by atoms with Gasteiger partial charge in [0.1, 0.15) is 11.4 Å². The molecule has 5 nitrogen and oxygen atoms in total. The number of aromatic carboxylic acids is 1. The summed E-state index contributed by atoms with van der Waals surface area (Å²) in [5, 5.41) is 9.28. The summed E-state index contributed by atoms with van der Waals surface area (Å²) in [4.78, 5) is 21.3. The van der Waals surface area contributed by atoms with Gasteiger partial charge in [0.15, 0.2) is 0 Å². The zero-order valence-corrected chi connectivity index (χ0v) is 10.9. The third kappa shape index (κ3) is 2.88. The van der Waals surface area contributed by atoms with Crippen LogP contribution in [-0.4, -0.2) is 28.1 Å². The maximum absolute atomic E-state index is 11.3. The molecule has 0 amide bonds. The Labute approximate surface area is 111 Å². The summed E-state index contributed by atoms with van der Waals surface area (Å²) in [6, 6.07) is 5.49. The molecule has 0 bridgehead atoms. The zero-order chi connectivity index (χ0) is 13.8. The normalized spacial score (nSPS) is 10.2. The fourth-order valence-corrected chi connectivity index (χ4v) is 1.93. The molecule has 2 rings (SSSR count). The smallest absolute Gasteiger partial charge is 0.339 e. The van der Waals surface area contributed by atoms with Gasteiger partial charge in [-0.1, -0.05) is 0 Å². The first kappa shape index (κ1) is 13.0. The molecule has 0 unspecified atom stereocenters. The monoisotopic (exact) mass is 257 g/mol. The van der Waals surface area contributed by atoms with Crippen LogP contribution in [0.4, 0.5) is 5.82 Å². The first-order valence-electron chi connectivity index (χ1n) is 5.88. The van der Waals surface area contributed by atoms with E-state index in [4.69, 9.17) is 0 Å². The summed E-state index contributed by atoms with van der Waals surface area (Å²) in [6.45, 7) is 2.36. The minimum absolute atomic E-state index is 0.249. The Morgan fingerprint density at radius 1 is 1.26 bits per heavy atom. The molecule has 0 aromatic carbocycles. The summed E-state index contributed by atoms with van der Waals surface area (Å²) in [5.41, 5.74) is 2.01. The van der Waals surface area contributed by atoms with Crippen molar-refractivity contribution >= 4 is 11.8 Å². The van der Waals surface area contributed by atoms with E-state index in [-0.39, 0.29) is 5.56 Å². The van der Waals surface area contributed by atoms with Crippen molar-refractivity contribution in [1.82, 2.24) is 9.97 Å². The molecule has 0 fully saturated rings. The summed E-state index contributed by atoms with van der Waals surface area (Å²) < 4.78 is 0. The van der Waals surface area contributed by atoms with Crippen molar-refractivity contribution < 1.29 is 9.90 Å². The SMILES string of the molecule is Cc1ccnc(N(C)Cc2ccncc2)c1C(=O)O. The van der Waals surface area contributed by atoms with Gasteiger partial charge in [-0.2, -0.15) is 0 Å². The lowest BCUT2D eigenvalue weighted by Crippen LogP contribution is -2.21. The lowest BCUT2D eigenvalue weighted by Gasteiger charge is -2.20. The van der Waals surface area contributed by atoms with E-state index in [9.17, 15) is 9.90 Å². The van der Waals surface area contributed by atoms with E-state index in [0.29, 0.717) is 17.9 Å². The summed E-state index contributed by atoms with van der Waals surface area (Å²) in [7, 11) is 1.83. The first-order valence-corrected chi connectivity index (χ1v) is 5.88. The molecule has 2 aromatic rings. The topological polar surface area (TPSA) is 66.3 Å². The van der Waals surface area contributed by atoms with Gasteiger partial charge >= 0.3 is 5.97 Å². The van der Waals surface area contributed by atoms with E-state index in [0.717, 1.165) is 5.56 Å². The van der Waals surface area contributed by atoms with Gasteiger partial charge in [-0.25, -0.2) is 9.78 Å². The predicted octanol–water partition coefficient (Wildman–Crippen LogP) is 2.12. The first-order chi connectivity index (χ1) is 9.09. The molecule has 1 N–H and O–H groups in total. The summed E-state index contributed by atoms with van der Waals surface area (Å²) in [6.07, 6.45) is 5.05. The fourth-order valence-electron chi connectivity index (χ4n) is 1.93. The van der Waals surface area contributed by atoms with Crippen LogP contribution in [0.15, 0.2) is 36.8 Å². The number of carboxylic acid groups (broad SMARTS) is 1. The van der Waals surface area contributed by atoms with E-state index in [1.807, 2.05) is 24.1 Å². The second-order valence-electron chi connectivity index (χ2n) is 4.34. The Kier molecular flexibility index (Phi) is 3.75. The average molecular weight is 257 g/mol. The van der Waals surface area contributed by atoms with Crippen molar-refractivity contribution in [3.8, 4) is 0 Å². The number of aryl methyl sites for hydroxylation is 1. The number of rotatable bonds is 4. The van der Waals surface area contributed by atoms with Gasteiger partial charge in [-0.3, -0.25) is 4.98 Å². The number of aromatic nitrogens is 2. The second-order valence-corrected chi connectivity index (χ2v) is 4.34. The van der Waals surface area contributed by atoms with Crippen LogP contribution in [0.5, 0.6) is 0 Å². The van der Waals surface area contributed by atoms with Crippen molar-refractivity contribution in [3.63, 3.8) is 0 Å². The van der Waals surface area contributed by atoms with Crippen LogP contribution in [0, 0.1) is 6.92 Å². The standard InChI is InChI=1S/C14H15N3O2/c1-10-3-8-16-13(12(10)14(18)19)17(2)9-11-4-6-15-7-5-11/h3-8H,9H2,1-2H3,(H,18,19). The number of hydrogen-bond donors (Lipinski definition) is 1. The Balaban J connectivity index is 2.31. The number of pyridine rings is 2. The third-order valence-electron chi connectivity index (χ3n) is 2.88. The number of carboxylic acids is 1. The van der Waals surface area contributed by atoms with E-state index in [1.54, 1.807) is 31.6 Å². The Morgan fingerprint density at radius 2 is 1.95 bits per heavy atom. The number of carbonyl (C=O) groups is 1. The van der Waals surface area contributed by atoms with Crippen LogP contribution in [0.2, 0.25) is 0 Å². The van der Waals surface area contributed by atoms with Gasteiger partial charge in [0.05, 0.1) is 0 Å². The molecule has 0 saturated carbocycles. The Morgan fingerprint density at radius 3 is 2.58 bits per heavy atom. The van der Waals surface area contributed by atoms with Crippen LogP contribution in [0.1, 0.15) is 21.5 Å². The van der Waals surface area contributed by atoms with Crippen molar-refractivity contribution in [2.75, 3.05) is 11.9 Å². The Bertz CT molecular complexity index is 584. The van der Waals surface area contributed by atoms with Crippen LogP contribution >= 0.6 is 0 Å². The second kappa shape index (κ2) is 5.48. The minimum Gasteiger partial charge on any atom is -0.478 e. The van der Waals surface area contributed by atoms with Crippen molar-refractivity contribution in [2.45, 2.75) is 13.5 Å². The van der Waals surface area contributed by atoms with Gasteiger partial charge in [0.25, 0.3) is 0 Å². The highest BCUT2D eigenvalue weighted by atomic mass is 16.4. The van der Waals surface area contributed by atoms with E-state index in [2.05, 4.69) is 9.97 Å². The van der Waals surface area contributed by atoms with Gasteiger partial charge in [0, 0.05) is 32.2 Å². The molecule has 0 spiro atoms. The molecule has 0 aliphatic rings. The van der Waals surface area contributed by atoms with Crippen LogP contribution in [0.3, 0.4) is 0 Å². The molecule has 19 heavy (non-hydrogen) atoms. The van der Waals surface area contributed by atoms with Gasteiger partial charge in [0.2, 0.25) is 0 Å². The zero-order valence-electron chi connectivity index (χ0n) is 10.9.